The van der Waals surface area contributed by atoms with Gasteiger partial charge in [0.05, 0.1) is 17.6 Å². The lowest BCUT2D eigenvalue weighted by molar-refractivity contribution is 0.0169. The Bertz CT molecular complexity index is 181. The maximum absolute atomic E-state index is 10.0. The van der Waals surface area contributed by atoms with E-state index in [-0.39, 0.29) is 5.92 Å². The molecule has 0 aliphatic carbocycles. The van der Waals surface area contributed by atoms with Crippen molar-refractivity contribution in [3.63, 3.8) is 0 Å². The van der Waals surface area contributed by atoms with Crippen molar-refractivity contribution in [3.05, 3.63) is 0 Å². The molecule has 2 atom stereocenters. The van der Waals surface area contributed by atoms with E-state index in [0.717, 1.165) is 12.8 Å². The minimum absolute atomic E-state index is 0.254. The van der Waals surface area contributed by atoms with E-state index < -0.39 is 11.5 Å². The van der Waals surface area contributed by atoms with Gasteiger partial charge in [-0.15, -0.1) is 0 Å². The lowest BCUT2D eigenvalue weighted by Crippen LogP contribution is -2.36. The lowest BCUT2D eigenvalue weighted by Gasteiger charge is -2.31. The molecule has 0 aromatic rings. The molecule has 0 radical (unpaired) electrons. The van der Waals surface area contributed by atoms with Crippen molar-refractivity contribution in [2.75, 3.05) is 0 Å². The Morgan fingerprint density at radius 3 is 2.00 bits per heavy atom. The van der Waals surface area contributed by atoms with Crippen LogP contribution in [0.25, 0.3) is 0 Å². The molecule has 0 saturated heterocycles. The van der Waals surface area contributed by atoms with E-state index in [1.165, 1.54) is 0 Å². The first-order chi connectivity index (χ1) is 6.05. The molecule has 0 heterocycles. The number of aliphatic hydroxyl groups is 1. The molecular weight excluding hydrogens is 162 g/mol. The number of nitrogens with zero attached hydrogens (tertiary/aromatic N) is 1. The van der Waals surface area contributed by atoms with E-state index in [4.69, 9.17) is 5.26 Å². The topological polar surface area (TPSA) is 44.0 Å². The molecule has 0 fully saturated rings. The van der Waals surface area contributed by atoms with Gasteiger partial charge in [0.2, 0.25) is 0 Å². The Hall–Kier alpha value is -0.550. The van der Waals surface area contributed by atoms with E-state index in [2.05, 4.69) is 19.9 Å². The van der Waals surface area contributed by atoms with E-state index in [1.54, 1.807) is 0 Å². The Labute approximate surface area is 81.6 Å². The van der Waals surface area contributed by atoms with Gasteiger partial charge in [-0.3, -0.25) is 0 Å². The normalized spacial score (nSPS) is 17.9. The summed E-state index contributed by atoms with van der Waals surface area (Å²) in [5.41, 5.74) is -0.573. The fourth-order valence-electron chi connectivity index (χ4n) is 1.61. The maximum atomic E-state index is 10.0. The number of hydrogen-bond acceptors (Lipinski definition) is 2. The number of hydrogen-bond donors (Lipinski definition) is 1. The van der Waals surface area contributed by atoms with E-state index in [0.29, 0.717) is 6.42 Å². The largest absolute Gasteiger partial charge is 0.391 e. The Morgan fingerprint density at radius 1 is 1.31 bits per heavy atom. The summed E-state index contributed by atoms with van der Waals surface area (Å²) in [6.45, 7) is 7.92. The number of rotatable bonds is 5. The minimum Gasteiger partial charge on any atom is -0.391 e. The molecular formula is C11H21NO. The maximum Gasteiger partial charge on any atom is 0.0804 e. The van der Waals surface area contributed by atoms with Crippen molar-refractivity contribution in [2.45, 2.75) is 53.1 Å². The number of aliphatic hydroxyl groups excluding tert-OH is 1. The molecule has 76 valence electrons. The molecule has 0 aliphatic heterocycles. The van der Waals surface area contributed by atoms with Crippen LogP contribution >= 0.6 is 0 Å². The molecule has 0 rings (SSSR count). The standard InChI is InChI=1S/C11H21NO/c1-5-9(6-2)10(13)11(4,7-3)8-12/h9-10,13H,5-7H2,1-4H3. The second-order valence-corrected chi connectivity index (χ2v) is 3.90. The summed E-state index contributed by atoms with van der Waals surface area (Å²) in [4.78, 5) is 0. The van der Waals surface area contributed by atoms with Crippen LogP contribution in [0, 0.1) is 22.7 Å². The van der Waals surface area contributed by atoms with Crippen LogP contribution in [0.2, 0.25) is 0 Å². The third kappa shape index (κ3) is 2.70. The van der Waals surface area contributed by atoms with Crippen LogP contribution in [0.5, 0.6) is 0 Å². The van der Waals surface area contributed by atoms with Crippen LogP contribution in [0.4, 0.5) is 0 Å². The highest BCUT2D eigenvalue weighted by atomic mass is 16.3. The lowest BCUT2D eigenvalue weighted by atomic mass is 9.75. The van der Waals surface area contributed by atoms with Gasteiger partial charge in [-0.1, -0.05) is 33.6 Å². The SMILES string of the molecule is CCC(CC)C(O)C(C)(C#N)CC. The molecule has 0 spiro atoms. The highest BCUT2D eigenvalue weighted by Crippen LogP contribution is 2.32. The van der Waals surface area contributed by atoms with Crippen molar-refractivity contribution in [1.29, 1.82) is 5.26 Å². The predicted octanol–water partition coefficient (Wildman–Crippen LogP) is 2.72. The summed E-state index contributed by atoms with van der Waals surface area (Å²) in [5.74, 6) is 0.254. The molecule has 13 heavy (non-hydrogen) atoms. The summed E-state index contributed by atoms with van der Waals surface area (Å²) in [5, 5.41) is 19.0. The Kier molecular flexibility index (Phi) is 5.02. The van der Waals surface area contributed by atoms with Crippen LogP contribution < -0.4 is 0 Å². The molecule has 0 saturated carbocycles. The van der Waals surface area contributed by atoms with Gasteiger partial charge >= 0.3 is 0 Å². The smallest absolute Gasteiger partial charge is 0.0804 e. The summed E-state index contributed by atoms with van der Waals surface area (Å²) >= 11 is 0. The average Bonchev–Trinajstić information content (AvgIpc) is 2.18. The van der Waals surface area contributed by atoms with Gasteiger partial charge in [-0.25, -0.2) is 0 Å². The van der Waals surface area contributed by atoms with Crippen LogP contribution in [0.1, 0.15) is 47.0 Å². The predicted molar refractivity (Wildman–Crippen MR) is 54.1 cm³/mol. The van der Waals surface area contributed by atoms with E-state index in [1.807, 2.05) is 13.8 Å². The second-order valence-electron chi connectivity index (χ2n) is 3.90. The van der Waals surface area contributed by atoms with Crippen molar-refractivity contribution in [3.8, 4) is 6.07 Å². The first-order valence-corrected chi connectivity index (χ1v) is 5.15. The molecule has 0 aromatic heterocycles. The molecule has 0 amide bonds. The fraction of sp³-hybridized carbons (Fsp3) is 0.909. The Balaban J connectivity index is 4.54. The van der Waals surface area contributed by atoms with Gasteiger partial charge in [0, 0.05) is 0 Å². The quantitative estimate of drug-likeness (QED) is 0.712. The second kappa shape index (κ2) is 5.24. The van der Waals surface area contributed by atoms with Gasteiger partial charge in [0.15, 0.2) is 0 Å². The van der Waals surface area contributed by atoms with E-state index in [9.17, 15) is 5.11 Å². The minimum atomic E-state index is -0.573. The van der Waals surface area contributed by atoms with Gasteiger partial charge in [0.25, 0.3) is 0 Å². The summed E-state index contributed by atoms with van der Waals surface area (Å²) in [7, 11) is 0. The van der Waals surface area contributed by atoms with Gasteiger partial charge in [0.1, 0.15) is 0 Å². The summed E-state index contributed by atoms with van der Waals surface area (Å²) in [6, 6.07) is 2.23. The summed E-state index contributed by atoms with van der Waals surface area (Å²) in [6.07, 6.45) is 2.10. The third-order valence-electron chi connectivity index (χ3n) is 3.14. The first kappa shape index (κ1) is 12.4. The molecule has 2 nitrogen and oxygen atoms in total. The molecule has 0 aromatic carbocycles. The highest BCUT2D eigenvalue weighted by Gasteiger charge is 2.35. The molecule has 2 heteroatoms. The highest BCUT2D eigenvalue weighted by molar-refractivity contribution is 5.01. The molecule has 2 unspecified atom stereocenters. The van der Waals surface area contributed by atoms with Crippen LogP contribution in [-0.2, 0) is 0 Å². The van der Waals surface area contributed by atoms with Crippen LogP contribution in [0.3, 0.4) is 0 Å². The van der Waals surface area contributed by atoms with Crippen molar-refractivity contribution >= 4 is 0 Å². The summed E-state index contributed by atoms with van der Waals surface area (Å²) < 4.78 is 0. The van der Waals surface area contributed by atoms with Crippen LogP contribution in [-0.4, -0.2) is 11.2 Å². The van der Waals surface area contributed by atoms with E-state index >= 15 is 0 Å². The zero-order valence-electron chi connectivity index (χ0n) is 9.17. The zero-order chi connectivity index (χ0) is 10.5. The van der Waals surface area contributed by atoms with Gasteiger partial charge in [-0.05, 0) is 19.3 Å². The van der Waals surface area contributed by atoms with Crippen molar-refractivity contribution in [2.24, 2.45) is 11.3 Å². The first-order valence-electron chi connectivity index (χ1n) is 5.15. The van der Waals surface area contributed by atoms with Crippen LogP contribution in [0.15, 0.2) is 0 Å². The molecule has 1 N–H and O–H groups in total. The van der Waals surface area contributed by atoms with Gasteiger partial charge < -0.3 is 5.11 Å². The van der Waals surface area contributed by atoms with Crippen molar-refractivity contribution < 1.29 is 5.11 Å². The van der Waals surface area contributed by atoms with Crippen molar-refractivity contribution in [1.82, 2.24) is 0 Å². The molecule has 0 bridgehead atoms. The third-order valence-corrected chi connectivity index (χ3v) is 3.14. The Morgan fingerprint density at radius 2 is 1.77 bits per heavy atom. The average molecular weight is 183 g/mol. The molecule has 0 aliphatic rings. The number of nitriles is 1. The monoisotopic (exact) mass is 183 g/mol. The fourth-order valence-corrected chi connectivity index (χ4v) is 1.61. The zero-order valence-corrected chi connectivity index (χ0v) is 9.17. The van der Waals surface area contributed by atoms with Gasteiger partial charge in [-0.2, -0.15) is 5.26 Å².